The molecule has 2 rings (SSSR count). The third kappa shape index (κ3) is 2.18. The Balaban J connectivity index is 2.25. The Morgan fingerprint density at radius 3 is 2.94 bits per heavy atom. The fourth-order valence-corrected chi connectivity index (χ4v) is 1.88. The fraction of sp³-hybridized carbons (Fsp3) is 0.500. The highest BCUT2D eigenvalue weighted by Gasteiger charge is 2.25. The highest BCUT2D eigenvalue weighted by molar-refractivity contribution is 5.36. The lowest BCUT2D eigenvalue weighted by atomic mass is 10.1. The number of methoxy groups -OCH3 is 1. The molecular formula is C12H16FNO2. The standard InChI is InChI=1S/C12H16FNO2/c1-8-7-16-11(6-14-8)12-9(13)4-3-5-10(12)15-2/h3-5,8,11,14H,6-7H2,1-2H3. The van der Waals surface area contributed by atoms with Crippen LogP contribution in [0.5, 0.6) is 5.75 Å². The van der Waals surface area contributed by atoms with E-state index in [4.69, 9.17) is 9.47 Å². The van der Waals surface area contributed by atoms with Gasteiger partial charge in [0.15, 0.2) is 0 Å². The average molecular weight is 225 g/mol. The molecule has 2 unspecified atom stereocenters. The molecule has 1 aliphatic rings. The van der Waals surface area contributed by atoms with Crippen molar-refractivity contribution in [3.8, 4) is 5.75 Å². The smallest absolute Gasteiger partial charge is 0.132 e. The maximum atomic E-state index is 13.7. The summed E-state index contributed by atoms with van der Waals surface area (Å²) < 4.78 is 24.5. The molecular weight excluding hydrogens is 209 g/mol. The summed E-state index contributed by atoms with van der Waals surface area (Å²) in [4.78, 5) is 0. The van der Waals surface area contributed by atoms with Gasteiger partial charge in [-0.1, -0.05) is 6.07 Å². The molecule has 1 N–H and O–H groups in total. The number of nitrogens with one attached hydrogen (secondary N) is 1. The zero-order valence-electron chi connectivity index (χ0n) is 9.50. The summed E-state index contributed by atoms with van der Waals surface area (Å²) in [6.07, 6.45) is -0.271. The number of hydrogen-bond donors (Lipinski definition) is 1. The molecule has 1 aromatic carbocycles. The normalized spacial score (nSPS) is 25.4. The highest BCUT2D eigenvalue weighted by atomic mass is 19.1. The van der Waals surface area contributed by atoms with E-state index in [1.807, 2.05) is 6.92 Å². The summed E-state index contributed by atoms with van der Waals surface area (Å²) in [5.74, 6) is 0.266. The van der Waals surface area contributed by atoms with E-state index in [1.165, 1.54) is 13.2 Å². The van der Waals surface area contributed by atoms with Crippen molar-refractivity contribution < 1.29 is 13.9 Å². The topological polar surface area (TPSA) is 30.5 Å². The first-order chi connectivity index (χ1) is 7.72. The molecule has 1 fully saturated rings. The Bertz CT molecular complexity index is 362. The first-order valence-corrected chi connectivity index (χ1v) is 5.39. The van der Waals surface area contributed by atoms with Gasteiger partial charge in [0.25, 0.3) is 0 Å². The van der Waals surface area contributed by atoms with E-state index in [2.05, 4.69) is 5.32 Å². The Morgan fingerprint density at radius 1 is 1.50 bits per heavy atom. The van der Waals surface area contributed by atoms with Crippen molar-refractivity contribution >= 4 is 0 Å². The van der Waals surface area contributed by atoms with Gasteiger partial charge in [-0.15, -0.1) is 0 Å². The molecule has 2 atom stereocenters. The molecule has 1 aliphatic heterocycles. The molecule has 0 aliphatic carbocycles. The van der Waals surface area contributed by atoms with Crippen LogP contribution in [0.2, 0.25) is 0 Å². The van der Waals surface area contributed by atoms with Crippen molar-refractivity contribution in [2.45, 2.75) is 19.1 Å². The Labute approximate surface area is 94.6 Å². The lowest BCUT2D eigenvalue weighted by Crippen LogP contribution is -2.41. The highest BCUT2D eigenvalue weighted by Crippen LogP contribution is 2.31. The Hall–Kier alpha value is -1.13. The van der Waals surface area contributed by atoms with Gasteiger partial charge in [0, 0.05) is 12.6 Å². The molecule has 0 bridgehead atoms. The zero-order valence-corrected chi connectivity index (χ0v) is 9.50. The van der Waals surface area contributed by atoms with Gasteiger partial charge in [0.2, 0.25) is 0 Å². The predicted octanol–water partition coefficient (Wildman–Crippen LogP) is 1.88. The van der Waals surface area contributed by atoms with Gasteiger partial charge in [-0.25, -0.2) is 4.39 Å². The summed E-state index contributed by atoms with van der Waals surface area (Å²) in [5, 5.41) is 3.26. The summed E-state index contributed by atoms with van der Waals surface area (Å²) >= 11 is 0. The molecule has 3 nitrogen and oxygen atoms in total. The van der Waals surface area contributed by atoms with Crippen molar-refractivity contribution in [2.24, 2.45) is 0 Å². The van der Waals surface area contributed by atoms with Crippen molar-refractivity contribution in [3.63, 3.8) is 0 Å². The summed E-state index contributed by atoms with van der Waals surface area (Å²) in [5.41, 5.74) is 0.504. The minimum absolute atomic E-state index is 0.271. The lowest BCUT2D eigenvalue weighted by Gasteiger charge is -2.29. The third-order valence-electron chi connectivity index (χ3n) is 2.75. The van der Waals surface area contributed by atoms with Crippen LogP contribution in [-0.4, -0.2) is 26.3 Å². The van der Waals surface area contributed by atoms with E-state index in [0.29, 0.717) is 30.5 Å². The molecule has 0 aromatic heterocycles. The molecule has 1 heterocycles. The first kappa shape index (κ1) is 11.4. The van der Waals surface area contributed by atoms with Gasteiger partial charge >= 0.3 is 0 Å². The second kappa shape index (κ2) is 4.80. The van der Waals surface area contributed by atoms with Gasteiger partial charge < -0.3 is 14.8 Å². The fourth-order valence-electron chi connectivity index (χ4n) is 1.88. The molecule has 1 saturated heterocycles. The van der Waals surface area contributed by atoms with Crippen LogP contribution in [0.15, 0.2) is 18.2 Å². The maximum absolute atomic E-state index is 13.7. The second-order valence-corrected chi connectivity index (χ2v) is 3.99. The minimum Gasteiger partial charge on any atom is -0.496 e. The van der Waals surface area contributed by atoms with Crippen molar-refractivity contribution in [1.82, 2.24) is 5.32 Å². The van der Waals surface area contributed by atoms with Gasteiger partial charge in [0.1, 0.15) is 17.7 Å². The van der Waals surface area contributed by atoms with Gasteiger partial charge in [-0.2, -0.15) is 0 Å². The van der Waals surface area contributed by atoms with Crippen LogP contribution in [0, 0.1) is 5.82 Å². The Kier molecular flexibility index (Phi) is 3.41. The van der Waals surface area contributed by atoms with Crippen LogP contribution in [0.25, 0.3) is 0 Å². The molecule has 0 saturated carbocycles. The zero-order chi connectivity index (χ0) is 11.5. The Morgan fingerprint density at radius 2 is 2.31 bits per heavy atom. The van der Waals surface area contributed by atoms with Gasteiger partial charge in [-0.05, 0) is 19.1 Å². The SMILES string of the molecule is COc1cccc(F)c1C1CNC(C)CO1. The molecule has 0 amide bonds. The summed E-state index contributed by atoms with van der Waals surface area (Å²) in [6.45, 7) is 3.23. The van der Waals surface area contributed by atoms with Crippen LogP contribution in [0.1, 0.15) is 18.6 Å². The van der Waals surface area contributed by atoms with E-state index in [0.717, 1.165) is 0 Å². The quantitative estimate of drug-likeness (QED) is 0.833. The minimum atomic E-state index is -0.277. The van der Waals surface area contributed by atoms with Crippen molar-refractivity contribution in [2.75, 3.05) is 20.3 Å². The number of benzene rings is 1. The van der Waals surface area contributed by atoms with E-state index in [1.54, 1.807) is 12.1 Å². The predicted molar refractivity (Wildman–Crippen MR) is 59.1 cm³/mol. The molecule has 4 heteroatoms. The number of ether oxygens (including phenoxy) is 2. The van der Waals surface area contributed by atoms with Crippen LogP contribution >= 0.6 is 0 Å². The lowest BCUT2D eigenvalue weighted by molar-refractivity contribution is 0.00373. The largest absolute Gasteiger partial charge is 0.496 e. The molecule has 1 aromatic rings. The van der Waals surface area contributed by atoms with Crippen molar-refractivity contribution in [1.29, 1.82) is 0 Å². The summed E-state index contributed by atoms with van der Waals surface area (Å²) in [7, 11) is 1.54. The first-order valence-electron chi connectivity index (χ1n) is 5.39. The molecule has 88 valence electrons. The van der Waals surface area contributed by atoms with Crippen LogP contribution in [0.4, 0.5) is 4.39 Å². The van der Waals surface area contributed by atoms with Crippen molar-refractivity contribution in [3.05, 3.63) is 29.6 Å². The molecule has 16 heavy (non-hydrogen) atoms. The van der Waals surface area contributed by atoms with Crippen LogP contribution < -0.4 is 10.1 Å². The van der Waals surface area contributed by atoms with E-state index >= 15 is 0 Å². The monoisotopic (exact) mass is 225 g/mol. The van der Waals surface area contributed by atoms with E-state index in [-0.39, 0.29) is 11.9 Å². The molecule has 0 radical (unpaired) electrons. The maximum Gasteiger partial charge on any atom is 0.132 e. The van der Waals surface area contributed by atoms with Crippen LogP contribution in [-0.2, 0) is 4.74 Å². The van der Waals surface area contributed by atoms with E-state index in [9.17, 15) is 4.39 Å². The third-order valence-corrected chi connectivity index (χ3v) is 2.75. The van der Waals surface area contributed by atoms with Gasteiger partial charge in [0.05, 0.1) is 19.3 Å². The number of rotatable bonds is 2. The number of morpholine rings is 1. The van der Waals surface area contributed by atoms with Crippen LogP contribution in [0.3, 0.4) is 0 Å². The van der Waals surface area contributed by atoms with E-state index < -0.39 is 0 Å². The second-order valence-electron chi connectivity index (χ2n) is 3.99. The average Bonchev–Trinajstić information content (AvgIpc) is 2.30. The number of halogens is 1. The molecule has 0 spiro atoms. The number of hydrogen-bond acceptors (Lipinski definition) is 3. The van der Waals surface area contributed by atoms with Gasteiger partial charge in [-0.3, -0.25) is 0 Å². The summed E-state index contributed by atoms with van der Waals surface area (Å²) in [6, 6.07) is 5.13.